The second-order valence-electron chi connectivity index (χ2n) is 5.91. The Morgan fingerprint density at radius 1 is 1.13 bits per heavy atom. The van der Waals surface area contributed by atoms with Gasteiger partial charge in [0, 0.05) is 0 Å². The molecule has 0 bridgehead atoms. The number of methoxy groups -OCH3 is 1. The second kappa shape index (κ2) is 5.99. The topological polar surface area (TPSA) is 26.3 Å². The van der Waals surface area contributed by atoms with E-state index in [1.807, 2.05) is 42.5 Å². The zero-order chi connectivity index (χ0) is 16.4. The SMILES string of the molecule is COC(=O)[C@@]1(c2cccc(F)c2C)C=C(c2ccccc2)CC1. The van der Waals surface area contributed by atoms with Crippen molar-refractivity contribution in [1.82, 2.24) is 0 Å². The first-order chi connectivity index (χ1) is 11.1. The van der Waals surface area contributed by atoms with Crippen LogP contribution in [0.25, 0.3) is 5.57 Å². The molecule has 0 aromatic heterocycles. The summed E-state index contributed by atoms with van der Waals surface area (Å²) in [4.78, 5) is 12.6. The number of halogens is 1. The molecule has 23 heavy (non-hydrogen) atoms. The predicted octanol–water partition coefficient (Wildman–Crippen LogP) is 4.42. The Hall–Kier alpha value is -2.42. The van der Waals surface area contributed by atoms with Crippen LogP contribution in [-0.4, -0.2) is 13.1 Å². The van der Waals surface area contributed by atoms with E-state index >= 15 is 0 Å². The first-order valence-electron chi connectivity index (χ1n) is 7.69. The van der Waals surface area contributed by atoms with Crippen LogP contribution in [0.3, 0.4) is 0 Å². The van der Waals surface area contributed by atoms with Crippen LogP contribution in [0.2, 0.25) is 0 Å². The van der Waals surface area contributed by atoms with Crippen LogP contribution < -0.4 is 0 Å². The van der Waals surface area contributed by atoms with E-state index in [0.717, 1.165) is 17.6 Å². The van der Waals surface area contributed by atoms with Gasteiger partial charge in [0.25, 0.3) is 0 Å². The van der Waals surface area contributed by atoms with Crippen LogP contribution in [0.15, 0.2) is 54.6 Å². The van der Waals surface area contributed by atoms with E-state index < -0.39 is 5.41 Å². The lowest BCUT2D eigenvalue weighted by atomic mass is 9.77. The van der Waals surface area contributed by atoms with Crippen LogP contribution in [0.4, 0.5) is 4.39 Å². The van der Waals surface area contributed by atoms with Crippen molar-refractivity contribution in [2.24, 2.45) is 0 Å². The van der Waals surface area contributed by atoms with Gasteiger partial charge in [-0.1, -0.05) is 48.5 Å². The highest BCUT2D eigenvalue weighted by Crippen LogP contribution is 2.45. The molecular weight excluding hydrogens is 291 g/mol. The Labute approximate surface area is 135 Å². The van der Waals surface area contributed by atoms with Crippen LogP contribution in [0.5, 0.6) is 0 Å². The van der Waals surface area contributed by atoms with Gasteiger partial charge in [-0.3, -0.25) is 4.79 Å². The fraction of sp³-hybridized carbons (Fsp3) is 0.250. The Kier molecular flexibility index (Phi) is 4.03. The average molecular weight is 310 g/mol. The molecule has 0 aliphatic heterocycles. The Balaban J connectivity index is 2.15. The fourth-order valence-corrected chi connectivity index (χ4v) is 3.41. The molecule has 0 fully saturated rings. The Bertz CT molecular complexity index is 764. The zero-order valence-electron chi connectivity index (χ0n) is 13.3. The van der Waals surface area contributed by atoms with E-state index in [-0.39, 0.29) is 11.8 Å². The number of carbonyl (C=O) groups excluding carboxylic acids is 1. The number of allylic oxidation sites excluding steroid dienone is 1. The van der Waals surface area contributed by atoms with Gasteiger partial charge in [-0.2, -0.15) is 0 Å². The minimum atomic E-state index is -0.911. The third-order valence-electron chi connectivity index (χ3n) is 4.65. The molecular formula is C20H19FO2. The lowest BCUT2D eigenvalue weighted by Crippen LogP contribution is -2.34. The van der Waals surface area contributed by atoms with E-state index in [2.05, 4.69) is 0 Å². The molecule has 0 amide bonds. The van der Waals surface area contributed by atoms with Crippen molar-refractivity contribution in [3.8, 4) is 0 Å². The van der Waals surface area contributed by atoms with E-state index in [1.54, 1.807) is 13.0 Å². The molecule has 0 unspecified atom stereocenters. The molecule has 3 rings (SSSR count). The van der Waals surface area contributed by atoms with Gasteiger partial charge in [-0.15, -0.1) is 0 Å². The van der Waals surface area contributed by atoms with Crippen LogP contribution >= 0.6 is 0 Å². The molecule has 0 saturated heterocycles. The highest BCUT2D eigenvalue weighted by molar-refractivity contribution is 5.91. The summed E-state index contributed by atoms with van der Waals surface area (Å²) in [6, 6.07) is 14.8. The molecule has 118 valence electrons. The first-order valence-corrected chi connectivity index (χ1v) is 7.69. The minimum absolute atomic E-state index is 0.299. The quantitative estimate of drug-likeness (QED) is 0.784. The van der Waals surface area contributed by atoms with Crippen molar-refractivity contribution in [2.75, 3.05) is 7.11 Å². The van der Waals surface area contributed by atoms with E-state index in [1.165, 1.54) is 13.2 Å². The van der Waals surface area contributed by atoms with Gasteiger partial charge < -0.3 is 4.74 Å². The zero-order valence-corrected chi connectivity index (χ0v) is 13.3. The summed E-state index contributed by atoms with van der Waals surface area (Å²) in [5, 5.41) is 0. The largest absolute Gasteiger partial charge is 0.468 e. The Morgan fingerprint density at radius 2 is 1.87 bits per heavy atom. The number of rotatable bonds is 3. The Morgan fingerprint density at radius 3 is 2.57 bits per heavy atom. The average Bonchev–Trinajstić information content (AvgIpc) is 3.04. The van der Waals surface area contributed by atoms with Gasteiger partial charge >= 0.3 is 5.97 Å². The molecule has 2 nitrogen and oxygen atoms in total. The molecule has 0 N–H and O–H groups in total. The molecule has 1 aliphatic carbocycles. The van der Waals surface area contributed by atoms with Gasteiger partial charge in [0.1, 0.15) is 11.2 Å². The van der Waals surface area contributed by atoms with Gasteiger partial charge in [0.2, 0.25) is 0 Å². The summed E-state index contributed by atoms with van der Waals surface area (Å²) in [5.41, 5.74) is 2.47. The molecule has 3 heteroatoms. The molecule has 0 saturated carbocycles. The summed E-state index contributed by atoms with van der Waals surface area (Å²) in [6.07, 6.45) is 3.30. The molecule has 1 aliphatic rings. The standard InChI is InChI=1S/C20H19FO2/c1-14-17(9-6-10-18(14)21)20(19(22)23-2)12-11-16(13-20)15-7-4-3-5-8-15/h3-10,13H,11-12H2,1-2H3/t20-/m1/s1. The highest BCUT2D eigenvalue weighted by Gasteiger charge is 2.44. The predicted molar refractivity (Wildman–Crippen MR) is 88.5 cm³/mol. The maximum Gasteiger partial charge on any atom is 0.320 e. The number of esters is 1. The molecule has 2 aromatic rings. The maximum atomic E-state index is 14.0. The van der Waals surface area contributed by atoms with Crippen LogP contribution in [-0.2, 0) is 14.9 Å². The summed E-state index contributed by atoms with van der Waals surface area (Å²) in [5.74, 6) is -0.635. The number of hydrogen-bond donors (Lipinski definition) is 0. The molecule has 0 spiro atoms. The van der Waals surface area contributed by atoms with Crippen molar-refractivity contribution in [2.45, 2.75) is 25.2 Å². The van der Waals surface area contributed by atoms with Crippen molar-refractivity contribution < 1.29 is 13.9 Å². The summed E-state index contributed by atoms with van der Waals surface area (Å²) < 4.78 is 19.1. The summed E-state index contributed by atoms with van der Waals surface area (Å²) in [6.45, 7) is 1.71. The lowest BCUT2D eigenvalue weighted by molar-refractivity contribution is -0.145. The van der Waals surface area contributed by atoms with Crippen molar-refractivity contribution in [1.29, 1.82) is 0 Å². The highest BCUT2D eigenvalue weighted by atomic mass is 19.1. The van der Waals surface area contributed by atoms with Crippen molar-refractivity contribution in [3.63, 3.8) is 0 Å². The maximum absolute atomic E-state index is 14.0. The molecule has 0 radical (unpaired) electrons. The van der Waals surface area contributed by atoms with Gasteiger partial charge in [0.05, 0.1) is 7.11 Å². The normalized spacial score (nSPS) is 20.2. The number of carbonyl (C=O) groups is 1. The van der Waals surface area contributed by atoms with Crippen molar-refractivity contribution >= 4 is 11.5 Å². The third-order valence-corrected chi connectivity index (χ3v) is 4.65. The lowest BCUT2D eigenvalue weighted by Gasteiger charge is -2.26. The first kappa shape index (κ1) is 15.5. The fourth-order valence-electron chi connectivity index (χ4n) is 3.41. The molecule has 1 atom stereocenters. The summed E-state index contributed by atoms with van der Waals surface area (Å²) in [7, 11) is 1.38. The van der Waals surface area contributed by atoms with Crippen LogP contribution in [0.1, 0.15) is 29.5 Å². The van der Waals surface area contributed by atoms with Crippen LogP contribution in [0, 0.1) is 12.7 Å². The van der Waals surface area contributed by atoms with E-state index in [4.69, 9.17) is 4.74 Å². The summed E-state index contributed by atoms with van der Waals surface area (Å²) >= 11 is 0. The second-order valence-corrected chi connectivity index (χ2v) is 5.91. The third kappa shape index (κ3) is 2.56. The monoisotopic (exact) mass is 310 g/mol. The minimum Gasteiger partial charge on any atom is -0.468 e. The van der Waals surface area contributed by atoms with Crippen molar-refractivity contribution in [3.05, 3.63) is 77.1 Å². The van der Waals surface area contributed by atoms with Gasteiger partial charge in [0.15, 0.2) is 0 Å². The smallest absolute Gasteiger partial charge is 0.320 e. The number of benzene rings is 2. The van der Waals surface area contributed by atoms with E-state index in [9.17, 15) is 9.18 Å². The van der Waals surface area contributed by atoms with Gasteiger partial charge in [-0.05, 0) is 48.1 Å². The molecule has 0 heterocycles. The van der Waals surface area contributed by atoms with E-state index in [0.29, 0.717) is 17.5 Å². The number of ether oxygens (including phenoxy) is 1. The number of hydrogen-bond acceptors (Lipinski definition) is 2. The molecule has 2 aromatic carbocycles. The van der Waals surface area contributed by atoms with Gasteiger partial charge in [-0.25, -0.2) is 4.39 Å².